The first kappa shape index (κ1) is 11.8. The maximum Gasteiger partial charge on any atom is 0.325 e. The number of hydrogen-bond donors (Lipinski definition) is 0. The van der Waals surface area contributed by atoms with E-state index in [0.29, 0.717) is 10.9 Å². The van der Waals surface area contributed by atoms with Crippen molar-refractivity contribution >= 4 is 17.7 Å². The molecule has 0 unspecified atom stereocenters. The summed E-state index contributed by atoms with van der Waals surface area (Å²) in [5.74, 6) is -0.460. The lowest BCUT2D eigenvalue weighted by atomic mass is 10.4. The number of thioether (sulfide) groups is 1. The van der Waals surface area contributed by atoms with Crippen LogP contribution in [0.3, 0.4) is 0 Å². The predicted molar refractivity (Wildman–Crippen MR) is 57.0 cm³/mol. The molecule has 1 aromatic heterocycles. The third-order valence-electron chi connectivity index (χ3n) is 1.80. The molecule has 0 aromatic carbocycles. The third-order valence-corrected chi connectivity index (χ3v) is 2.48. The molecule has 0 aliphatic heterocycles. The van der Waals surface area contributed by atoms with Gasteiger partial charge < -0.3 is 4.74 Å². The van der Waals surface area contributed by atoms with Crippen molar-refractivity contribution in [3.05, 3.63) is 22.1 Å². The van der Waals surface area contributed by atoms with Gasteiger partial charge in [-0.05, 0) is 13.2 Å². The van der Waals surface area contributed by atoms with Gasteiger partial charge in [-0.1, -0.05) is 11.8 Å². The molecule has 0 saturated heterocycles. The van der Waals surface area contributed by atoms with E-state index in [0.717, 1.165) is 0 Å². The average Bonchev–Trinajstić information content (AvgIpc) is 2.21. The number of aromatic nitrogens is 2. The minimum Gasteiger partial charge on any atom is -0.468 e. The van der Waals surface area contributed by atoms with Crippen LogP contribution in [-0.4, -0.2) is 28.9 Å². The maximum absolute atomic E-state index is 11.6. The molecule has 1 heterocycles. The summed E-state index contributed by atoms with van der Waals surface area (Å²) in [4.78, 5) is 26.8. The normalized spacial score (nSPS) is 10.1. The highest BCUT2D eigenvalue weighted by molar-refractivity contribution is 7.98. The van der Waals surface area contributed by atoms with Crippen molar-refractivity contribution in [1.29, 1.82) is 0 Å². The van der Waals surface area contributed by atoms with E-state index in [9.17, 15) is 9.59 Å². The minimum absolute atomic E-state index is 0.0984. The first-order valence-electron chi connectivity index (χ1n) is 4.27. The molecule has 15 heavy (non-hydrogen) atoms. The minimum atomic E-state index is -0.460. The summed E-state index contributed by atoms with van der Waals surface area (Å²) in [6, 6.07) is 1.39. The van der Waals surface area contributed by atoms with Crippen LogP contribution < -0.4 is 5.56 Å². The van der Waals surface area contributed by atoms with Crippen LogP contribution >= 0.6 is 11.8 Å². The van der Waals surface area contributed by atoms with Crippen molar-refractivity contribution in [1.82, 2.24) is 9.55 Å². The number of esters is 1. The van der Waals surface area contributed by atoms with Crippen LogP contribution in [0.1, 0.15) is 5.69 Å². The second-order valence-corrected chi connectivity index (χ2v) is 3.66. The van der Waals surface area contributed by atoms with Gasteiger partial charge in [0.05, 0.1) is 7.11 Å². The molecule has 0 aliphatic carbocycles. The van der Waals surface area contributed by atoms with E-state index in [2.05, 4.69) is 9.72 Å². The van der Waals surface area contributed by atoms with Crippen LogP contribution in [0.5, 0.6) is 0 Å². The SMILES string of the molecule is COC(=O)Cn1c(SC)nc(C)cc1=O. The smallest absolute Gasteiger partial charge is 0.325 e. The monoisotopic (exact) mass is 228 g/mol. The number of hydrogen-bond acceptors (Lipinski definition) is 5. The highest BCUT2D eigenvalue weighted by atomic mass is 32.2. The van der Waals surface area contributed by atoms with E-state index < -0.39 is 5.97 Å². The summed E-state index contributed by atoms with van der Waals surface area (Å²) < 4.78 is 5.80. The quantitative estimate of drug-likeness (QED) is 0.427. The summed E-state index contributed by atoms with van der Waals surface area (Å²) in [6.45, 7) is 1.64. The van der Waals surface area contributed by atoms with Crippen molar-refractivity contribution in [2.24, 2.45) is 0 Å². The van der Waals surface area contributed by atoms with E-state index in [-0.39, 0.29) is 12.1 Å². The van der Waals surface area contributed by atoms with Crippen molar-refractivity contribution in [2.75, 3.05) is 13.4 Å². The Bertz CT molecular complexity index is 428. The molecule has 0 aliphatic rings. The molecule has 0 fully saturated rings. The number of rotatable bonds is 3. The Morgan fingerprint density at radius 3 is 2.87 bits per heavy atom. The molecule has 1 aromatic rings. The summed E-state index contributed by atoms with van der Waals surface area (Å²) in [5, 5.41) is 0.519. The molecular weight excluding hydrogens is 216 g/mol. The number of ether oxygens (including phenoxy) is 1. The lowest BCUT2D eigenvalue weighted by Gasteiger charge is -2.08. The average molecular weight is 228 g/mol. The van der Waals surface area contributed by atoms with Crippen LogP contribution in [0.2, 0.25) is 0 Å². The second kappa shape index (κ2) is 4.97. The Morgan fingerprint density at radius 2 is 2.33 bits per heavy atom. The first-order valence-corrected chi connectivity index (χ1v) is 5.50. The molecule has 5 nitrogen and oxygen atoms in total. The van der Waals surface area contributed by atoms with Gasteiger partial charge in [0.1, 0.15) is 6.54 Å². The number of aryl methyl sites for hydroxylation is 1. The Balaban J connectivity index is 3.15. The summed E-state index contributed by atoms with van der Waals surface area (Å²) in [6.07, 6.45) is 1.80. The molecule has 0 atom stereocenters. The van der Waals surface area contributed by atoms with Gasteiger partial charge in [0.25, 0.3) is 5.56 Å². The molecule has 0 saturated carbocycles. The van der Waals surface area contributed by atoms with Gasteiger partial charge in [0.2, 0.25) is 0 Å². The lowest BCUT2D eigenvalue weighted by molar-refractivity contribution is -0.141. The van der Waals surface area contributed by atoms with Gasteiger partial charge in [-0.15, -0.1) is 0 Å². The number of nitrogens with zero attached hydrogens (tertiary/aromatic N) is 2. The van der Waals surface area contributed by atoms with Crippen molar-refractivity contribution in [3.63, 3.8) is 0 Å². The zero-order valence-corrected chi connectivity index (χ0v) is 9.63. The Hall–Kier alpha value is -1.30. The van der Waals surface area contributed by atoms with E-state index in [4.69, 9.17) is 0 Å². The Morgan fingerprint density at radius 1 is 1.67 bits per heavy atom. The van der Waals surface area contributed by atoms with Gasteiger partial charge in [0.15, 0.2) is 5.16 Å². The largest absolute Gasteiger partial charge is 0.468 e. The third kappa shape index (κ3) is 2.82. The van der Waals surface area contributed by atoms with Crippen molar-refractivity contribution in [3.8, 4) is 0 Å². The highest BCUT2D eigenvalue weighted by Crippen LogP contribution is 2.09. The number of carbonyl (C=O) groups excluding carboxylic acids is 1. The fourth-order valence-electron chi connectivity index (χ4n) is 1.09. The van der Waals surface area contributed by atoms with Gasteiger partial charge >= 0.3 is 5.97 Å². The van der Waals surface area contributed by atoms with Crippen LogP contribution in [-0.2, 0) is 16.1 Å². The fourth-order valence-corrected chi connectivity index (χ4v) is 1.70. The second-order valence-electron chi connectivity index (χ2n) is 2.88. The van der Waals surface area contributed by atoms with Crippen LogP contribution in [0.15, 0.2) is 16.0 Å². The van der Waals surface area contributed by atoms with Gasteiger partial charge in [-0.2, -0.15) is 0 Å². The van der Waals surface area contributed by atoms with E-state index in [1.807, 2.05) is 0 Å². The Kier molecular flexibility index (Phi) is 3.90. The zero-order valence-electron chi connectivity index (χ0n) is 8.81. The van der Waals surface area contributed by atoms with E-state index >= 15 is 0 Å². The predicted octanol–water partition coefficient (Wildman–Crippen LogP) is 0.447. The fraction of sp³-hybridized carbons (Fsp3) is 0.444. The van der Waals surface area contributed by atoms with Gasteiger partial charge in [-0.25, -0.2) is 4.98 Å². The van der Waals surface area contributed by atoms with Crippen LogP contribution in [0.4, 0.5) is 0 Å². The summed E-state index contributed by atoms with van der Waals surface area (Å²) in [5.41, 5.74) is 0.405. The molecule has 0 bridgehead atoms. The Labute approximate surface area is 91.5 Å². The molecule has 0 spiro atoms. The molecule has 0 N–H and O–H groups in total. The molecular formula is C9H12N2O3S. The first-order chi connectivity index (χ1) is 7.08. The maximum atomic E-state index is 11.6. The topological polar surface area (TPSA) is 61.2 Å². The molecule has 82 valence electrons. The molecule has 6 heteroatoms. The molecule has 0 radical (unpaired) electrons. The molecule has 1 rings (SSSR count). The summed E-state index contributed by atoms with van der Waals surface area (Å²) >= 11 is 1.32. The lowest BCUT2D eigenvalue weighted by Crippen LogP contribution is -2.27. The van der Waals surface area contributed by atoms with Gasteiger partial charge in [-0.3, -0.25) is 14.2 Å². The van der Waals surface area contributed by atoms with E-state index in [1.165, 1.54) is 29.5 Å². The van der Waals surface area contributed by atoms with Crippen molar-refractivity contribution < 1.29 is 9.53 Å². The van der Waals surface area contributed by atoms with E-state index in [1.54, 1.807) is 13.2 Å². The molecule has 0 amide bonds. The van der Waals surface area contributed by atoms with Crippen molar-refractivity contribution in [2.45, 2.75) is 18.6 Å². The van der Waals surface area contributed by atoms with Gasteiger partial charge in [0, 0.05) is 11.8 Å². The number of carbonyl (C=O) groups is 1. The summed E-state index contributed by atoms with van der Waals surface area (Å²) in [7, 11) is 1.29. The zero-order chi connectivity index (χ0) is 11.4. The standard InChI is InChI=1S/C9H12N2O3S/c1-6-4-7(12)11(5-8(13)14-2)9(10-6)15-3/h4H,5H2,1-3H3. The van der Waals surface area contributed by atoms with Crippen LogP contribution in [0.25, 0.3) is 0 Å². The number of methoxy groups -OCH3 is 1. The van der Waals surface area contributed by atoms with Crippen LogP contribution in [0, 0.1) is 6.92 Å². The highest BCUT2D eigenvalue weighted by Gasteiger charge is 2.10.